The van der Waals surface area contributed by atoms with Gasteiger partial charge in [0.25, 0.3) is 0 Å². The molecule has 100 valence electrons. The predicted octanol–water partition coefficient (Wildman–Crippen LogP) is 3.41. The Morgan fingerprint density at radius 1 is 1.21 bits per heavy atom. The molecule has 0 spiro atoms. The molecule has 2 aromatic rings. The molecular formula is C15H18FN3. The highest BCUT2D eigenvalue weighted by Gasteiger charge is 2.18. The molecule has 1 saturated heterocycles. The van der Waals surface area contributed by atoms with Crippen LogP contribution in [0.15, 0.2) is 24.4 Å². The van der Waals surface area contributed by atoms with Crippen molar-refractivity contribution in [3.05, 3.63) is 30.2 Å². The summed E-state index contributed by atoms with van der Waals surface area (Å²) in [5.74, 6) is 0.592. The lowest BCUT2D eigenvalue weighted by atomic mass is 10.1. The summed E-state index contributed by atoms with van der Waals surface area (Å²) in [5.41, 5.74) is 0.871. The minimum atomic E-state index is -0.192. The normalized spacial score (nSPS) is 15.8. The van der Waals surface area contributed by atoms with Crippen LogP contribution < -0.4 is 10.2 Å². The summed E-state index contributed by atoms with van der Waals surface area (Å²) >= 11 is 0. The van der Waals surface area contributed by atoms with Gasteiger partial charge < -0.3 is 10.2 Å². The van der Waals surface area contributed by atoms with Crippen LogP contribution >= 0.6 is 0 Å². The van der Waals surface area contributed by atoms with E-state index in [-0.39, 0.29) is 5.82 Å². The topological polar surface area (TPSA) is 28.2 Å². The van der Waals surface area contributed by atoms with Crippen molar-refractivity contribution in [3.8, 4) is 0 Å². The van der Waals surface area contributed by atoms with Gasteiger partial charge in [-0.1, -0.05) is 12.1 Å². The van der Waals surface area contributed by atoms with E-state index in [1.165, 1.54) is 12.5 Å². The van der Waals surface area contributed by atoms with E-state index < -0.39 is 0 Å². The summed E-state index contributed by atoms with van der Waals surface area (Å²) in [6, 6.07) is 5.20. The third kappa shape index (κ3) is 2.11. The van der Waals surface area contributed by atoms with Gasteiger partial charge in [0.2, 0.25) is 0 Å². The van der Waals surface area contributed by atoms with E-state index in [2.05, 4.69) is 15.2 Å². The second-order valence-corrected chi connectivity index (χ2v) is 4.96. The quantitative estimate of drug-likeness (QED) is 0.896. The summed E-state index contributed by atoms with van der Waals surface area (Å²) in [4.78, 5) is 6.69. The Bertz CT molecular complexity index is 591. The lowest BCUT2D eigenvalue weighted by Crippen LogP contribution is -2.30. The summed E-state index contributed by atoms with van der Waals surface area (Å²) in [7, 11) is 1.84. The molecule has 1 aromatic heterocycles. The fourth-order valence-electron chi connectivity index (χ4n) is 2.78. The largest absolute Gasteiger partial charge is 0.386 e. The number of nitrogens with zero attached hydrogens (tertiary/aromatic N) is 2. The molecule has 1 fully saturated rings. The number of rotatable bonds is 2. The molecule has 0 radical (unpaired) electrons. The van der Waals surface area contributed by atoms with E-state index in [9.17, 15) is 4.39 Å². The highest BCUT2D eigenvalue weighted by Crippen LogP contribution is 2.33. The van der Waals surface area contributed by atoms with Crippen LogP contribution in [0.25, 0.3) is 10.8 Å². The number of fused-ring (bicyclic) bond motifs is 1. The number of hydrogen-bond acceptors (Lipinski definition) is 3. The third-order valence-electron chi connectivity index (χ3n) is 3.77. The average Bonchev–Trinajstić information content (AvgIpc) is 2.47. The fourth-order valence-corrected chi connectivity index (χ4v) is 2.78. The van der Waals surface area contributed by atoms with Gasteiger partial charge in [0.05, 0.1) is 17.3 Å². The zero-order chi connectivity index (χ0) is 13.2. The molecule has 3 nitrogen and oxygen atoms in total. The molecule has 19 heavy (non-hydrogen) atoms. The van der Waals surface area contributed by atoms with Gasteiger partial charge in [0, 0.05) is 25.5 Å². The first-order valence-corrected chi connectivity index (χ1v) is 6.81. The maximum absolute atomic E-state index is 14.2. The highest BCUT2D eigenvalue weighted by atomic mass is 19.1. The van der Waals surface area contributed by atoms with E-state index in [0.717, 1.165) is 42.8 Å². The smallest absolute Gasteiger partial charge is 0.139 e. The van der Waals surface area contributed by atoms with Gasteiger partial charge in [-0.25, -0.2) is 9.37 Å². The number of halogens is 1. The van der Waals surface area contributed by atoms with Crippen molar-refractivity contribution in [2.45, 2.75) is 19.3 Å². The number of piperidine rings is 1. The van der Waals surface area contributed by atoms with E-state index in [1.807, 2.05) is 13.1 Å². The van der Waals surface area contributed by atoms with E-state index in [1.54, 1.807) is 12.3 Å². The number of pyridine rings is 1. The molecule has 3 rings (SSSR count). The molecule has 4 heteroatoms. The van der Waals surface area contributed by atoms with Gasteiger partial charge in [-0.05, 0) is 25.3 Å². The van der Waals surface area contributed by atoms with Gasteiger partial charge in [-0.2, -0.15) is 0 Å². The molecule has 0 aliphatic carbocycles. The minimum Gasteiger partial charge on any atom is -0.386 e. The number of anilines is 2. The molecule has 0 amide bonds. The molecule has 1 aliphatic rings. The number of hydrogen-bond donors (Lipinski definition) is 1. The van der Waals surface area contributed by atoms with Crippen LogP contribution in [0.5, 0.6) is 0 Å². The SMILES string of the molecule is CNc1cnc(N2CCCCC2)c2c(F)cccc12. The van der Waals surface area contributed by atoms with Crippen molar-refractivity contribution in [1.82, 2.24) is 4.98 Å². The monoisotopic (exact) mass is 259 g/mol. The average molecular weight is 259 g/mol. The van der Waals surface area contributed by atoms with Crippen molar-refractivity contribution in [1.29, 1.82) is 0 Å². The van der Waals surface area contributed by atoms with Crippen molar-refractivity contribution >= 4 is 22.3 Å². The van der Waals surface area contributed by atoms with Gasteiger partial charge in [0.15, 0.2) is 0 Å². The zero-order valence-electron chi connectivity index (χ0n) is 11.1. The van der Waals surface area contributed by atoms with Gasteiger partial charge in [-0.15, -0.1) is 0 Å². The second-order valence-electron chi connectivity index (χ2n) is 4.96. The molecule has 1 aliphatic heterocycles. The van der Waals surface area contributed by atoms with Crippen molar-refractivity contribution in [3.63, 3.8) is 0 Å². The molecule has 0 unspecified atom stereocenters. The predicted molar refractivity (Wildman–Crippen MR) is 77.3 cm³/mol. The first-order chi connectivity index (χ1) is 9.31. The Hall–Kier alpha value is -1.84. The van der Waals surface area contributed by atoms with Crippen LogP contribution in [0.3, 0.4) is 0 Å². The van der Waals surface area contributed by atoms with Crippen molar-refractivity contribution < 1.29 is 4.39 Å². The summed E-state index contributed by atoms with van der Waals surface area (Å²) in [5, 5.41) is 4.62. The van der Waals surface area contributed by atoms with Gasteiger partial charge in [0.1, 0.15) is 11.6 Å². The molecule has 2 heterocycles. The lowest BCUT2D eigenvalue weighted by molar-refractivity contribution is 0.573. The first kappa shape index (κ1) is 12.2. The van der Waals surface area contributed by atoms with Crippen molar-refractivity contribution in [2.75, 3.05) is 30.4 Å². The minimum absolute atomic E-state index is 0.192. The Kier molecular flexibility index (Phi) is 3.23. The number of benzene rings is 1. The van der Waals surface area contributed by atoms with Crippen LogP contribution in [-0.4, -0.2) is 25.1 Å². The Labute approximate surface area is 112 Å². The maximum atomic E-state index is 14.2. The molecule has 1 aromatic carbocycles. The highest BCUT2D eigenvalue weighted by molar-refractivity contribution is 6.00. The van der Waals surface area contributed by atoms with E-state index in [0.29, 0.717) is 5.39 Å². The molecular weight excluding hydrogens is 241 g/mol. The standard InChI is InChI=1S/C15H18FN3/c1-17-13-10-18-15(19-8-3-2-4-9-19)14-11(13)6-5-7-12(14)16/h5-7,10,17H,2-4,8-9H2,1H3. The third-order valence-corrected chi connectivity index (χ3v) is 3.77. The van der Waals surface area contributed by atoms with Crippen LogP contribution in [0.4, 0.5) is 15.9 Å². The van der Waals surface area contributed by atoms with Gasteiger partial charge in [-0.3, -0.25) is 0 Å². The summed E-state index contributed by atoms with van der Waals surface area (Å²) in [6.45, 7) is 1.94. The van der Waals surface area contributed by atoms with Crippen LogP contribution in [0.2, 0.25) is 0 Å². The number of aromatic nitrogens is 1. The lowest BCUT2D eigenvalue weighted by Gasteiger charge is -2.29. The Balaban J connectivity index is 2.19. The number of nitrogens with one attached hydrogen (secondary N) is 1. The second kappa shape index (κ2) is 5.03. The fraction of sp³-hybridized carbons (Fsp3) is 0.400. The molecule has 0 atom stereocenters. The first-order valence-electron chi connectivity index (χ1n) is 6.81. The van der Waals surface area contributed by atoms with Crippen LogP contribution in [-0.2, 0) is 0 Å². The zero-order valence-corrected chi connectivity index (χ0v) is 11.1. The molecule has 1 N–H and O–H groups in total. The van der Waals surface area contributed by atoms with Crippen molar-refractivity contribution in [2.24, 2.45) is 0 Å². The van der Waals surface area contributed by atoms with Crippen LogP contribution in [0, 0.1) is 5.82 Å². The summed E-state index contributed by atoms with van der Waals surface area (Å²) in [6.07, 6.45) is 5.37. The van der Waals surface area contributed by atoms with E-state index in [4.69, 9.17) is 0 Å². The Morgan fingerprint density at radius 3 is 2.74 bits per heavy atom. The summed E-state index contributed by atoms with van der Waals surface area (Å²) < 4.78 is 14.2. The van der Waals surface area contributed by atoms with E-state index >= 15 is 0 Å². The maximum Gasteiger partial charge on any atom is 0.139 e. The Morgan fingerprint density at radius 2 is 2.00 bits per heavy atom. The van der Waals surface area contributed by atoms with Crippen LogP contribution in [0.1, 0.15) is 19.3 Å². The molecule has 0 bridgehead atoms. The van der Waals surface area contributed by atoms with Gasteiger partial charge >= 0.3 is 0 Å². The molecule has 0 saturated carbocycles.